The molecule has 0 spiro atoms. The normalized spacial score (nSPS) is 16.0. The quantitative estimate of drug-likeness (QED) is 0.625. The van der Waals surface area contributed by atoms with Gasteiger partial charge in [0.25, 0.3) is 5.91 Å². The first-order chi connectivity index (χ1) is 8.58. The van der Waals surface area contributed by atoms with E-state index in [4.69, 9.17) is 11.5 Å². The number of benzene rings is 1. The largest absolute Gasteiger partial charge is 0.399 e. The minimum absolute atomic E-state index is 0.0218. The van der Waals surface area contributed by atoms with Crippen molar-refractivity contribution < 1.29 is 9.59 Å². The molecule has 1 aliphatic heterocycles. The summed E-state index contributed by atoms with van der Waals surface area (Å²) in [4.78, 5) is 24.7. The standard InChI is InChI=1S/C12H16N4O2/c13-8-1-2-10(9(7-8)12(14)18)16-5-3-11(17)15-4-6-16/h1-2,7H,3-6,13H2,(H2,14,18)(H,15,17). The average molecular weight is 248 g/mol. The van der Waals surface area contributed by atoms with E-state index >= 15 is 0 Å². The van der Waals surface area contributed by atoms with Crippen LogP contribution in [-0.4, -0.2) is 31.4 Å². The summed E-state index contributed by atoms with van der Waals surface area (Å²) in [6.45, 7) is 1.77. The second-order valence-electron chi connectivity index (χ2n) is 4.23. The van der Waals surface area contributed by atoms with E-state index < -0.39 is 5.91 Å². The Kier molecular flexibility index (Phi) is 3.36. The van der Waals surface area contributed by atoms with Crippen molar-refractivity contribution >= 4 is 23.2 Å². The Hall–Kier alpha value is -2.24. The molecular weight excluding hydrogens is 232 g/mol. The van der Waals surface area contributed by atoms with E-state index in [2.05, 4.69) is 5.32 Å². The van der Waals surface area contributed by atoms with Gasteiger partial charge in [0.15, 0.2) is 0 Å². The second-order valence-corrected chi connectivity index (χ2v) is 4.23. The Labute approximate surface area is 105 Å². The predicted octanol–water partition coefficient (Wildman–Crippen LogP) is -0.306. The number of primary amides is 1. The molecule has 1 saturated heterocycles. The lowest BCUT2D eigenvalue weighted by molar-refractivity contribution is -0.120. The molecule has 6 heteroatoms. The van der Waals surface area contributed by atoms with E-state index in [-0.39, 0.29) is 5.91 Å². The molecule has 96 valence electrons. The van der Waals surface area contributed by atoms with Crippen LogP contribution in [0.3, 0.4) is 0 Å². The number of carbonyl (C=O) groups is 2. The van der Waals surface area contributed by atoms with Crippen LogP contribution < -0.4 is 21.7 Å². The molecule has 6 nitrogen and oxygen atoms in total. The third-order valence-corrected chi connectivity index (χ3v) is 2.94. The molecule has 1 aromatic rings. The molecule has 2 amide bonds. The van der Waals surface area contributed by atoms with E-state index in [0.29, 0.717) is 37.3 Å². The Balaban J connectivity index is 2.31. The highest BCUT2D eigenvalue weighted by Crippen LogP contribution is 2.23. The van der Waals surface area contributed by atoms with Crippen molar-refractivity contribution in [3.8, 4) is 0 Å². The molecule has 0 aliphatic carbocycles. The number of rotatable bonds is 2. The monoisotopic (exact) mass is 248 g/mol. The van der Waals surface area contributed by atoms with Crippen molar-refractivity contribution in [1.82, 2.24) is 5.32 Å². The summed E-state index contributed by atoms with van der Waals surface area (Å²) in [6.07, 6.45) is 0.405. The summed E-state index contributed by atoms with van der Waals surface area (Å²) in [5.41, 5.74) is 12.6. The Morgan fingerprint density at radius 1 is 1.33 bits per heavy atom. The van der Waals surface area contributed by atoms with Gasteiger partial charge in [0.05, 0.1) is 5.56 Å². The van der Waals surface area contributed by atoms with Gasteiger partial charge in [-0.2, -0.15) is 0 Å². The van der Waals surface area contributed by atoms with Crippen LogP contribution in [0.4, 0.5) is 11.4 Å². The number of nitrogens with zero attached hydrogens (tertiary/aromatic N) is 1. The van der Waals surface area contributed by atoms with Crippen LogP contribution in [0.25, 0.3) is 0 Å². The molecule has 1 aliphatic rings. The zero-order valence-corrected chi connectivity index (χ0v) is 9.98. The number of nitrogen functional groups attached to an aromatic ring is 1. The van der Waals surface area contributed by atoms with E-state index in [9.17, 15) is 9.59 Å². The minimum Gasteiger partial charge on any atom is -0.399 e. The van der Waals surface area contributed by atoms with Gasteiger partial charge in [0.1, 0.15) is 0 Å². The van der Waals surface area contributed by atoms with Gasteiger partial charge in [-0.15, -0.1) is 0 Å². The maximum atomic E-state index is 11.4. The smallest absolute Gasteiger partial charge is 0.250 e. The molecule has 0 bridgehead atoms. The fourth-order valence-corrected chi connectivity index (χ4v) is 2.03. The molecule has 0 aromatic heterocycles. The summed E-state index contributed by atoms with van der Waals surface area (Å²) in [5, 5.41) is 2.78. The van der Waals surface area contributed by atoms with Gasteiger partial charge >= 0.3 is 0 Å². The molecular formula is C12H16N4O2. The van der Waals surface area contributed by atoms with E-state index in [1.807, 2.05) is 4.90 Å². The average Bonchev–Trinajstić information content (AvgIpc) is 2.54. The third-order valence-electron chi connectivity index (χ3n) is 2.94. The fraction of sp³-hybridized carbons (Fsp3) is 0.333. The van der Waals surface area contributed by atoms with Crippen molar-refractivity contribution in [1.29, 1.82) is 0 Å². The number of nitrogens with one attached hydrogen (secondary N) is 1. The van der Waals surface area contributed by atoms with Gasteiger partial charge in [0.2, 0.25) is 5.91 Å². The molecule has 0 saturated carbocycles. The molecule has 5 N–H and O–H groups in total. The zero-order chi connectivity index (χ0) is 13.1. The summed E-state index contributed by atoms with van der Waals surface area (Å²) in [6, 6.07) is 5.06. The molecule has 0 atom stereocenters. The molecule has 1 fully saturated rings. The van der Waals surface area contributed by atoms with Crippen LogP contribution in [0.1, 0.15) is 16.8 Å². The second kappa shape index (κ2) is 4.95. The summed E-state index contributed by atoms with van der Waals surface area (Å²) >= 11 is 0. The molecule has 2 rings (SSSR count). The Morgan fingerprint density at radius 3 is 2.83 bits per heavy atom. The van der Waals surface area contributed by atoms with E-state index in [1.165, 1.54) is 0 Å². The lowest BCUT2D eigenvalue weighted by atomic mass is 10.1. The van der Waals surface area contributed by atoms with Crippen LogP contribution in [0.15, 0.2) is 18.2 Å². The zero-order valence-electron chi connectivity index (χ0n) is 9.98. The first kappa shape index (κ1) is 12.2. The number of hydrogen-bond acceptors (Lipinski definition) is 4. The van der Waals surface area contributed by atoms with Crippen LogP contribution in [0.2, 0.25) is 0 Å². The molecule has 18 heavy (non-hydrogen) atoms. The molecule has 1 heterocycles. The highest BCUT2D eigenvalue weighted by atomic mass is 16.2. The lowest BCUT2D eigenvalue weighted by Gasteiger charge is -2.24. The number of anilines is 2. The molecule has 1 aromatic carbocycles. The first-order valence-electron chi connectivity index (χ1n) is 5.79. The maximum Gasteiger partial charge on any atom is 0.250 e. The first-order valence-corrected chi connectivity index (χ1v) is 5.79. The maximum absolute atomic E-state index is 11.4. The third kappa shape index (κ3) is 2.53. The van der Waals surface area contributed by atoms with Gasteiger partial charge in [0, 0.05) is 37.4 Å². The highest BCUT2D eigenvalue weighted by Gasteiger charge is 2.18. The van der Waals surface area contributed by atoms with E-state index in [1.54, 1.807) is 18.2 Å². The van der Waals surface area contributed by atoms with Gasteiger partial charge in [-0.3, -0.25) is 9.59 Å². The van der Waals surface area contributed by atoms with Gasteiger partial charge < -0.3 is 21.7 Å². The Morgan fingerprint density at radius 2 is 2.11 bits per heavy atom. The number of nitrogens with two attached hydrogens (primary N) is 2. The van der Waals surface area contributed by atoms with Crippen molar-refractivity contribution in [2.75, 3.05) is 30.3 Å². The van der Waals surface area contributed by atoms with Crippen LogP contribution in [0.5, 0.6) is 0 Å². The van der Waals surface area contributed by atoms with Crippen molar-refractivity contribution in [3.63, 3.8) is 0 Å². The van der Waals surface area contributed by atoms with E-state index in [0.717, 1.165) is 5.69 Å². The van der Waals surface area contributed by atoms with Crippen molar-refractivity contribution in [2.24, 2.45) is 5.73 Å². The Bertz CT molecular complexity index is 487. The molecule has 0 unspecified atom stereocenters. The van der Waals surface area contributed by atoms with Gasteiger partial charge in [-0.25, -0.2) is 0 Å². The van der Waals surface area contributed by atoms with Gasteiger partial charge in [-0.1, -0.05) is 0 Å². The minimum atomic E-state index is -0.513. The summed E-state index contributed by atoms with van der Waals surface area (Å²) in [7, 11) is 0. The fourth-order valence-electron chi connectivity index (χ4n) is 2.03. The van der Waals surface area contributed by atoms with Crippen LogP contribution >= 0.6 is 0 Å². The summed E-state index contributed by atoms with van der Waals surface area (Å²) < 4.78 is 0. The van der Waals surface area contributed by atoms with Crippen LogP contribution in [-0.2, 0) is 4.79 Å². The summed E-state index contributed by atoms with van der Waals surface area (Å²) in [5.74, 6) is -0.491. The van der Waals surface area contributed by atoms with Crippen molar-refractivity contribution in [3.05, 3.63) is 23.8 Å². The SMILES string of the molecule is NC(=O)c1cc(N)ccc1N1CCNC(=O)CC1. The number of hydrogen-bond donors (Lipinski definition) is 3. The number of carbonyl (C=O) groups excluding carboxylic acids is 2. The van der Waals surface area contributed by atoms with Crippen LogP contribution in [0, 0.1) is 0 Å². The predicted molar refractivity (Wildman–Crippen MR) is 69.2 cm³/mol. The molecule has 0 radical (unpaired) electrons. The number of amides is 2. The highest BCUT2D eigenvalue weighted by molar-refractivity contribution is 5.99. The van der Waals surface area contributed by atoms with Gasteiger partial charge in [-0.05, 0) is 18.2 Å². The lowest BCUT2D eigenvalue weighted by Crippen LogP contribution is -2.30. The van der Waals surface area contributed by atoms with Crippen molar-refractivity contribution in [2.45, 2.75) is 6.42 Å². The topological polar surface area (TPSA) is 101 Å².